The summed E-state index contributed by atoms with van der Waals surface area (Å²) >= 11 is 5.91. The van der Waals surface area contributed by atoms with Crippen LogP contribution in [0.5, 0.6) is 0 Å². The van der Waals surface area contributed by atoms with Gasteiger partial charge in [-0.05, 0) is 24.1 Å². The van der Waals surface area contributed by atoms with Crippen LogP contribution in [-0.4, -0.2) is 40.1 Å². The molecule has 136 valence electrons. The quantitative estimate of drug-likeness (QED) is 0.603. The van der Waals surface area contributed by atoms with E-state index in [0.29, 0.717) is 24.2 Å². The van der Waals surface area contributed by atoms with Gasteiger partial charge < -0.3 is 14.4 Å². The molecule has 0 aliphatic carbocycles. The first kappa shape index (κ1) is 18.1. The molecule has 0 atom stereocenters. The van der Waals surface area contributed by atoms with E-state index in [1.807, 2.05) is 30.3 Å². The summed E-state index contributed by atoms with van der Waals surface area (Å²) in [5.41, 5.74) is 2.21. The fraction of sp³-hybridized carbons (Fsp3) is 0.333. The number of amides is 1. The smallest absolute Gasteiger partial charge is 0.410 e. The fourth-order valence-electron chi connectivity index (χ4n) is 2.72. The molecule has 1 aliphatic heterocycles. The van der Waals surface area contributed by atoms with Crippen molar-refractivity contribution >= 4 is 23.7 Å². The monoisotopic (exact) mass is 375 g/mol. The molecule has 0 saturated carbocycles. The third-order valence-electron chi connectivity index (χ3n) is 3.97. The van der Waals surface area contributed by atoms with Crippen LogP contribution in [0.4, 0.5) is 4.79 Å². The van der Waals surface area contributed by atoms with Crippen LogP contribution in [0.3, 0.4) is 0 Å². The molecule has 0 radical (unpaired) electrons. The summed E-state index contributed by atoms with van der Waals surface area (Å²) in [6.07, 6.45) is 0.00833. The van der Waals surface area contributed by atoms with Crippen molar-refractivity contribution < 1.29 is 19.1 Å². The van der Waals surface area contributed by atoms with Crippen LogP contribution >= 0.6 is 11.6 Å². The molecule has 3 rings (SSSR count). The Bertz CT molecular complexity index is 814. The molecule has 2 heterocycles. The Hall–Kier alpha value is -2.67. The van der Waals surface area contributed by atoms with Gasteiger partial charge in [-0.2, -0.15) is 0 Å². The minimum atomic E-state index is -0.576. The number of benzene rings is 1. The highest BCUT2D eigenvalue weighted by atomic mass is 35.5. The standard InChI is InChI=1S/C18H18ClN3O4/c1-2-25-16(23)15-13-10-22(9-8-14(13)20-17(19)21-15)18(24)26-11-12-6-4-3-5-7-12/h3-7H,2,8-11H2,1H3. The molecule has 1 aromatic carbocycles. The highest BCUT2D eigenvalue weighted by Gasteiger charge is 2.29. The molecule has 0 fully saturated rings. The van der Waals surface area contributed by atoms with E-state index < -0.39 is 12.1 Å². The number of rotatable bonds is 4. The zero-order valence-corrected chi connectivity index (χ0v) is 15.0. The van der Waals surface area contributed by atoms with Gasteiger partial charge >= 0.3 is 12.1 Å². The lowest BCUT2D eigenvalue weighted by Crippen LogP contribution is -2.38. The van der Waals surface area contributed by atoms with Gasteiger partial charge in [-0.25, -0.2) is 19.6 Å². The summed E-state index contributed by atoms with van der Waals surface area (Å²) in [5.74, 6) is -0.576. The molecule has 0 saturated heterocycles. The van der Waals surface area contributed by atoms with E-state index in [1.54, 1.807) is 6.92 Å². The number of fused-ring (bicyclic) bond motifs is 1. The average molecular weight is 376 g/mol. The predicted molar refractivity (Wildman–Crippen MR) is 93.7 cm³/mol. The predicted octanol–water partition coefficient (Wildman–Crippen LogP) is 3.00. The van der Waals surface area contributed by atoms with Crippen LogP contribution in [0.15, 0.2) is 30.3 Å². The van der Waals surface area contributed by atoms with Crippen molar-refractivity contribution in [3.63, 3.8) is 0 Å². The lowest BCUT2D eigenvalue weighted by Gasteiger charge is -2.28. The number of nitrogens with zero attached hydrogens (tertiary/aromatic N) is 3. The number of hydrogen-bond acceptors (Lipinski definition) is 6. The lowest BCUT2D eigenvalue weighted by atomic mass is 10.0. The first-order valence-corrected chi connectivity index (χ1v) is 8.64. The molecular weight excluding hydrogens is 358 g/mol. The van der Waals surface area contributed by atoms with E-state index in [0.717, 1.165) is 5.56 Å². The van der Waals surface area contributed by atoms with Gasteiger partial charge in [0.1, 0.15) is 6.61 Å². The molecule has 1 aromatic heterocycles. The normalized spacial score (nSPS) is 13.1. The van der Waals surface area contributed by atoms with Crippen molar-refractivity contribution in [2.75, 3.05) is 13.2 Å². The van der Waals surface area contributed by atoms with Crippen LogP contribution in [0.1, 0.15) is 34.2 Å². The van der Waals surface area contributed by atoms with Gasteiger partial charge in [0.2, 0.25) is 5.28 Å². The largest absolute Gasteiger partial charge is 0.461 e. The van der Waals surface area contributed by atoms with E-state index in [9.17, 15) is 9.59 Å². The van der Waals surface area contributed by atoms with Crippen molar-refractivity contribution in [2.24, 2.45) is 0 Å². The average Bonchev–Trinajstić information content (AvgIpc) is 2.66. The molecule has 2 aromatic rings. The number of aromatic nitrogens is 2. The first-order valence-electron chi connectivity index (χ1n) is 8.26. The third-order valence-corrected chi connectivity index (χ3v) is 4.13. The zero-order chi connectivity index (χ0) is 18.5. The second-order valence-electron chi connectivity index (χ2n) is 5.70. The molecule has 7 nitrogen and oxygen atoms in total. The SMILES string of the molecule is CCOC(=O)c1nc(Cl)nc2c1CN(C(=O)OCc1ccccc1)CC2. The molecule has 8 heteroatoms. The zero-order valence-electron chi connectivity index (χ0n) is 14.3. The summed E-state index contributed by atoms with van der Waals surface area (Å²) in [4.78, 5) is 34.2. The van der Waals surface area contributed by atoms with Gasteiger partial charge in [0.25, 0.3) is 0 Å². The molecule has 1 amide bonds. The number of ether oxygens (including phenoxy) is 2. The summed E-state index contributed by atoms with van der Waals surface area (Å²) < 4.78 is 10.4. The number of halogens is 1. The van der Waals surface area contributed by atoms with E-state index in [-0.39, 0.29) is 30.7 Å². The van der Waals surface area contributed by atoms with Crippen molar-refractivity contribution in [1.82, 2.24) is 14.9 Å². The maximum Gasteiger partial charge on any atom is 0.410 e. The molecule has 0 N–H and O–H groups in total. The van der Waals surface area contributed by atoms with Crippen molar-refractivity contribution in [3.05, 3.63) is 58.1 Å². The van der Waals surface area contributed by atoms with Gasteiger partial charge in [0, 0.05) is 18.5 Å². The van der Waals surface area contributed by atoms with Crippen molar-refractivity contribution in [1.29, 1.82) is 0 Å². The van der Waals surface area contributed by atoms with Crippen LogP contribution in [-0.2, 0) is 29.0 Å². The van der Waals surface area contributed by atoms with Gasteiger partial charge in [-0.1, -0.05) is 30.3 Å². The first-order chi connectivity index (χ1) is 12.6. The highest BCUT2D eigenvalue weighted by molar-refractivity contribution is 6.28. The van der Waals surface area contributed by atoms with Crippen molar-refractivity contribution in [2.45, 2.75) is 26.5 Å². The van der Waals surface area contributed by atoms with Crippen LogP contribution in [0.2, 0.25) is 5.28 Å². The number of hydrogen-bond donors (Lipinski definition) is 0. The van der Waals surface area contributed by atoms with E-state index in [1.165, 1.54) is 4.90 Å². The summed E-state index contributed by atoms with van der Waals surface area (Å²) in [6, 6.07) is 9.43. The second-order valence-corrected chi connectivity index (χ2v) is 6.04. The van der Waals surface area contributed by atoms with E-state index in [2.05, 4.69) is 9.97 Å². The summed E-state index contributed by atoms with van der Waals surface area (Å²) in [5, 5.41) is -0.00749. The van der Waals surface area contributed by atoms with Crippen LogP contribution in [0, 0.1) is 0 Å². The Morgan fingerprint density at radius 1 is 1.19 bits per heavy atom. The Balaban J connectivity index is 1.73. The van der Waals surface area contributed by atoms with Crippen molar-refractivity contribution in [3.8, 4) is 0 Å². The highest BCUT2D eigenvalue weighted by Crippen LogP contribution is 2.23. The Kier molecular flexibility index (Phi) is 5.68. The molecule has 0 bridgehead atoms. The van der Waals surface area contributed by atoms with Gasteiger partial charge in [-0.3, -0.25) is 0 Å². The summed E-state index contributed by atoms with van der Waals surface area (Å²) in [6.45, 7) is 2.72. The minimum Gasteiger partial charge on any atom is -0.461 e. The number of esters is 1. The molecule has 0 spiro atoms. The Labute approximate surface area is 155 Å². The third kappa shape index (κ3) is 4.11. The second kappa shape index (κ2) is 8.14. The fourth-order valence-corrected chi connectivity index (χ4v) is 2.91. The Morgan fingerprint density at radius 3 is 2.69 bits per heavy atom. The molecular formula is C18H18ClN3O4. The number of carbonyl (C=O) groups excluding carboxylic acids is 2. The van der Waals surface area contributed by atoms with Gasteiger partial charge in [0.15, 0.2) is 5.69 Å². The lowest BCUT2D eigenvalue weighted by molar-refractivity contribution is 0.0512. The number of carbonyl (C=O) groups is 2. The molecule has 26 heavy (non-hydrogen) atoms. The van der Waals surface area contributed by atoms with Gasteiger partial charge in [-0.15, -0.1) is 0 Å². The van der Waals surface area contributed by atoms with E-state index in [4.69, 9.17) is 21.1 Å². The van der Waals surface area contributed by atoms with Crippen LogP contribution in [0.25, 0.3) is 0 Å². The van der Waals surface area contributed by atoms with E-state index >= 15 is 0 Å². The van der Waals surface area contributed by atoms with Gasteiger partial charge in [0.05, 0.1) is 18.8 Å². The minimum absolute atomic E-state index is 0.00749. The maximum atomic E-state index is 12.4. The summed E-state index contributed by atoms with van der Waals surface area (Å²) in [7, 11) is 0. The topological polar surface area (TPSA) is 81.6 Å². The molecule has 1 aliphatic rings. The maximum absolute atomic E-state index is 12.4. The molecule has 0 unspecified atom stereocenters. The Morgan fingerprint density at radius 2 is 1.96 bits per heavy atom. The van der Waals surface area contributed by atoms with Crippen LogP contribution < -0.4 is 0 Å².